The number of methoxy groups -OCH3 is 1. The summed E-state index contributed by atoms with van der Waals surface area (Å²) in [5, 5.41) is 11.3. The second-order valence-electron chi connectivity index (χ2n) is 8.98. The number of fused-ring (bicyclic) bond motifs is 4. The third-order valence-electron chi connectivity index (χ3n) is 6.42. The maximum atomic E-state index is 11.1. The van der Waals surface area contributed by atoms with Crippen molar-refractivity contribution < 1.29 is 14.3 Å². The van der Waals surface area contributed by atoms with E-state index in [4.69, 9.17) is 9.16 Å². The van der Waals surface area contributed by atoms with E-state index in [9.17, 15) is 5.11 Å². The molecular formula is C20H31NO3Si. The predicted molar refractivity (Wildman–Crippen MR) is 103 cm³/mol. The number of hydrogen-bond acceptors (Lipinski definition) is 4. The lowest BCUT2D eigenvalue weighted by Crippen LogP contribution is -2.55. The molecule has 1 N–H and O–H groups in total. The fourth-order valence-corrected chi connectivity index (χ4v) is 4.73. The summed E-state index contributed by atoms with van der Waals surface area (Å²) < 4.78 is 11.9. The second-order valence-corrected chi connectivity index (χ2v) is 13.8. The van der Waals surface area contributed by atoms with Crippen LogP contribution in [0.2, 0.25) is 18.1 Å². The van der Waals surface area contributed by atoms with E-state index < -0.39 is 19.8 Å². The van der Waals surface area contributed by atoms with Crippen LogP contribution in [0.5, 0.6) is 5.88 Å². The first-order valence-electron chi connectivity index (χ1n) is 9.15. The maximum Gasteiger partial charge on any atom is 0.213 e. The Morgan fingerprint density at radius 2 is 2.04 bits per heavy atom. The number of aromatic nitrogens is 1. The molecule has 25 heavy (non-hydrogen) atoms. The average Bonchev–Trinajstić information content (AvgIpc) is 2.53. The molecule has 2 aliphatic carbocycles. The first-order chi connectivity index (χ1) is 11.6. The Hall–Kier alpha value is -1.17. The molecule has 3 atom stereocenters. The van der Waals surface area contributed by atoms with Gasteiger partial charge in [0.25, 0.3) is 0 Å². The monoisotopic (exact) mass is 361 g/mol. The van der Waals surface area contributed by atoms with Gasteiger partial charge in [-0.1, -0.05) is 39.0 Å². The van der Waals surface area contributed by atoms with Gasteiger partial charge < -0.3 is 14.3 Å². The van der Waals surface area contributed by atoms with Crippen molar-refractivity contribution in [3.05, 3.63) is 35.5 Å². The van der Waals surface area contributed by atoms with Gasteiger partial charge in [-0.25, -0.2) is 4.98 Å². The van der Waals surface area contributed by atoms with Gasteiger partial charge in [-0.2, -0.15) is 0 Å². The molecule has 0 spiro atoms. The zero-order valence-corrected chi connectivity index (χ0v) is 17.3. The summed E-state index contributed by atoms with van der Waals surface area (Å²) in [6.45, 7) is 11.8. The van der Waals surface area contributed by atoms with Gasteiger partial charge in [0.1, 0.15) is 0 Å². The van der Waals surface area contributed by atoms with Crippen molar-refractivity contribution in [3.63, 3.8) is 0 Å². The highest BCUT2D eigenvalue weighted by atomic mass is 28.4. The molecule has 0 saturated carbocycles. The van der Waals surface area contributed by atoms with Crippen LogP contribution in [0.15, 0.2) is 24.3 Å². The SMILES string of the molecule is COc1ccc2c(n1)C[C@H]1CC=C[C@]2(CO[Si](C)(C)C(C)(C)C)[C@H]1O. The number of pyridine rings is 1. The number of aliphatic hydroxyl groups is 1. The Morgan fingerprint density at radius 1 is 1.32 bits per heavy atom. The molecule has 0 amide bonds. The first kappa shape index (κ1) is 18.6. The number of rotatable bonds is 4. The largest absolute Gasteiger partial charge is 0.481 e. The Bertz CT molecular complexity index is 680. The van der Waals surface area contributed by atoms with Crippen LogP contribution >= 0.6 is 0 Å². The van der Waals surface area contributed by atoms with Gasteiger partial charge in [-0.05, 0) is 42.5 Å². The van der Waals surface area contributed by atoms with Crippen molar-refractivity contribution >= 4 is 8.32 Å². The number of hydrogen-bond donors (Lipinski definition) is 1. The Balaban J connectivity index is 2.00. The van der Waals surface area contributed by atoms with E-state index in [0.717, 1.165) is 24.1 Å². The Morgan fingerprint density at radius 3 is 2.68 bits per heavy atom. The second kappa shape index (κ2) is 6.22. The van der Waals surface area contributed by atoms with Crippen molar-refractivity contribution in [2.45, 2.75) is 63.3 Å². The highest BCUT2D eigenvalue weighted by Crippen LogP contribution is 2.47. The van der Waals surface area contributed by atoms with Crippen molar-refractivity contribution in [3.8, 4) is 5.88 Å². The molecular weight excluding hydrogens is 330 g/mol. The quantitative estimate of drug-likeness (QED) is 0.654. The number of nitrogens with zero attached hydrogens (tertiary/aromatic N) is 1. The van der Waals surface area contributed by atoms with E-state index in [1.807, 2.05) is 6.07 Å². The molecule has 0 radical (unpaired) electrons. The molecule has 0 saturated heterocycles. The summed E-state index contributed by atoms with van der Waals surface area (Å²) in [5.41, 5.74) is 1.63. The molecule has 0 unspecified atom stereocenters. The summed E-state index contributed by atoms with van der Waals surface area (Å²) in [7, 11) is -0.266. The third-order valence-corrected chi connectivity index (χ3v) is 10.9. The van der Waals surface area contributed by atoms with Crippen LogP contribution in [0, 0.1) is 5.92 Å². The van der Waals surface area contributed by atoms with Gasteiger partial charge in [-0.3, -0.25) is 0 Å². The molecule has 4 nitrogen and oxygen atoms in total. The summed E-state index contributed by atoms with van der Waals surface area (Å²) in [5.74, 6) is 0.831. The smallest absolute Gasteiger partial charge is 0.213 e. The summed E-state index contributed by atoms with van der Waals surface area (Å²) in [6.07, 6.45) is 5.62. The molecule has 0 aliphatic heterocycles. The van der Waals surface area contributed by atoms with Crippen molar-refractivity contribution in [2.75, 3.05) is 13.7 Å². The summed E-state index contributed by atoms with van der Waals surface area (Å²) in [4.78, 5) is 4.68. The van der Waals surface area contributed by atoms with Crippen LogP contribution in [0.1, 0.15) is 38.4 Å². The molecule has 5 heteroatoms. The minimum Gasteiger partial charge on any atom is -0.481 e. The topological polar surface area (TPSA) is 51.6 Å². The zero-order chi connectivity index (χ0) is 18.5. The number of aliphatic hydroxyl groups excluding tert-OH is 1. The Labute approximate surface area is 152 Å². The lowest BCUT2D eigenvalue weighted by atomic mass is 9.62. The summed E-state index contributed by atoms with van der Waals surface area (Å²) in [6, 6.07) is 3.95. The minimum atomic E-state index is -1.91. The van der Waals surface area contributed by atoms with Crippen LogP contribution in [0.4, 0.5) is 0 Å². The zero-order valence-electron chi connectivity index (χ0n) is 16.3. The first-order valence-corrected chi connectivity index (χ1v) is 12.1. The number of allylic oxidation sites excluding steroid dienone is 1. The lowest BCUT2D eigenvalue weighted by Gasteiger charge is -2.49. The molecule has 2 aliphatic rings. The van der Waals surface area contributed by atoms with Crippen molar-refractivity contribution in [1.82, 2.24) is 4.98 Å². The minimum absolute atomic E-state index is 0.141. The molecule has 0 fully saturated rings. The fourth-order valence-electron chi connectivity index (χ4n) is 3.70. The van der Waals surface area contributed by atoms with E-state index in [1.54, 1.807) is 7.11 Å². The predicted octanol–water partition coefficient (Wildman–Crippen LogP) is 3.84. The summed E-state index contributed by atoms with van der Waals surface area (Å²) >= 11 is 0. The molecule has 1 aromatic heterocycles. The number of ether oxygens (including phenoxy) is 1. The molecule has 0 aromatic carbocycles. The molecule has 1 aromatic rings. The van der Waals surface area contributed by atoms with E-state index in [0.29, 0.717) is 12.5 Å². The van der Waals surface area contributed by atoms with Crippen LogP contribution < -0.4 is 4.74 Å². The molecule has 3 rings (SSSR count). The lowest BCUT2D eigenvalue weighted by molar-refractivity contribution is 0.00717. The van der Waals surface area contributed by atoms with Crippen LogP contribution in [0.25, 0.3) is 0 Å². The maximum absolute atomic E-state index is 11.1. The molecule has 138 valence electrons. The van der Waals surface area contributed by atoms with Gasteiger partial charge in [0.2, 0.25) is 5.88 Å². The van der Waals surface area contributed by atoms with Crippen molar-refractivity contribution in [1.29, 1.82) is 0 Å². The van der Waals surface area contributed by atoms with Crippen molar-refractivity contribution in [2.24, 2.45) is 5.92 Å². The normalized spacial score (nSPS) is 28.6. The fraction of sp³-hybridized carbons (Fsp3) is 0.650. The van der Waals surface area contributed by atoms with Gasteiger partial charge in [-0.15, -0.1) is 0 Å². The van der Waals surface area contributed by atoms with E-state index in [-0.39, 0.29) is 11.0 Å². The van der Waals surface area contributed by atoms with Gasteiger partial charge >= 0.3 is 0 Å². The average molecular weight is 362 g/mol. The highest BCUT2D eigenvalue weighted by Gasteiger charge is 2.50. The van der Waals surface area contributed by atoms with Crippen LogP contribution in [-0.4, -0.2) is 38.2 Å². The van der Waals surface area contributed by atoms with Gasteiger partial charge in [0, 0.05) is 18.4 Å². The van der Waals surface area contributed by atoms with Crippen LogP contribution in [-0.2, 0) is 16.3 Å². The van der Waals surface area contributed by atoms with E-state index >= 15 is 0 Å². The van der Waals surface area contributed by atoms with Gasteiger partial charge in [0.15, 0.2) is 8.32 Å². The van der Waals surface area contributed by atoms with E-state index in [2.05, 4.69) is 57.1 Å². The van der Waals surface area contributed by atoms with E-state index in [1.165, 1.54) is 0 Å². The molecule has 1 heterocycles. The Kier molecular flexibility index (Phi) is 4.63. The standard InChI is InChI=1S/C20H31NO3Si/c1-19(2,3)25(5,6)24-13-20-11-7-8-14(18(20)22)12-16-15(20)9-10-17(21-16)23-4/h7,9-11,14,18,22H,8,12-13H2,1-6H3/t14-,18+,20-/m1/s1. The molecule has 2 bridgehead atoms. The third kappa shape index (κ3) is 3.07. The highest BCUT2D eigenvalue weighted by molar-refractivity contribution is 6.74. The van der Waals surface area contributed by atoms with Gasteiger partial charge in [0.05, 0.1) is 18.6 Å². The van der Waals surface area contributed by atoms with Crippen LogP contribution in [0.3, 0.4) is 0 Å².